The van der Waals surface area contributed by atoms with Crippen LogP contribution in [0.4, 0.5) is 0 Å². The Balaban J connectivity index is 1.55. The molecule has 0 radical (unpaired) electrons. The van der Waals surface area contributed by atoms with Gasteiger partial charge in [-0.15, -0.1) is 0 Å². The van der Waals surface area contributed by atoms with Crippen molar-refractivity contribution in [2.24, 2.45) is 5.92 Å². The van der Waals surface area contributed by atoms with E-state index in [1.807, 2.05) is 36.4 Å². The molecule has 0 fully saturated rings. The molecule has 166 valence electrons. The van der Waals surface area contributed by atoms with E-state index in [-0.39, 0.29) is 11.8 Å². The van der Waals surface area contributed by atoms with E-state index in [2.05, 4.69) is 35.9 Å². The van der Waals surface area contributed by atoms with Gasteiger partial charge in [-0.1, -0.05) is 37.6 Å². The number of amides is 1. The fourth-order valence-electron chi connectivity index (χ4n) is 3.77. The number of para-hydroxylation sites is 2. The van der Waals surface area contributed by atoms with Gasteiger partial charge in [0.25, 0.3) is 0 Å². The average molecular weight is 442 g/mol. The van der Waals surface area contributed by atoms with E-state index >= 15 is 0 Å². The third-order valence-electron chi connectivity index (χ3n) is 5.57. The number of nitrogens with one attached hydrogen (secondary N) is 1. The summed E-state index contributed by atoms with van der Waals surface area (Å²) >= 11 is 5.92. The number of rotatable bonds is 12. The van der Waals surface area contributed by atoms with Gasteiger partial charge in [0.1, 0.15) is 11.6 Å². The van der Waals surface area contributed by atoms with E-state index in [0.717, 1.165) is 61.3 Å². The summed E-state index contributed by atoms with van der Waals surface area (Å²) in [5, 5.41) is 3.78. The number of carbonyl (C=O) groups excluding carboxylic acids is 1. The van der Waals surface area contributed by atoms with Crippen molar-refractivity contribution in [1.29, 1.82) is 0 Å². The molecule has 0 saturated heterocycles. The molecule has 31 heavy (non-hydrogen) atoms. The minimum absolute atomic E-state index is 0.116. The molecule has 0 atom stereocenters. The second-order valence-corrected chi connectivity index (χ2v) is 8.17. The predicted octanol–water partition coefficient (Wildman–Crippen LogP) is 5.64. The molecule has 0 bridgehead atoms. The van der Waals surface area contributed by atoms with Crippen molar-refractivity contribution in [2.75, 3.05) is 13.2 Å². The smallest absolute Gasteiger partial charge is 0.223 e. The molecule has 3 rings (SSSR count). The SMILES string of the molecule is CCC(CC)C(=O)NCCCc1nc2ccccc2n1CCCOc1ccc(Cl)cc1. The first kappa shape index (κ1) is 23.1. The molecule has 1 heterocycles. The minimum Gasteiger partial charge on any atom is -0.494 e. The third kappa shape index (κ3) is 6.47. The maximum atomic E-state index is 12.2. The molecule has 1 N–H and O–H groups in total. The van der Waals surface area contributed by atoms with Gasteiger partial charge in [-0.2, -0.15) is 0 Å². The van der Waals surface area contributed by atoms with Crippen molar-refractivity contribution < 1.29 is 9.53 Å². The highest BCUT2D eigenvalue weighted by molar-refractivity contribution is 6.30. The van der Waals surface area contributed by atoms with Crippen LogP contribution < -0.4 is 10.1 Å². The molecule has 6 heteroatoms. The number of imidazole rings is 1. The van der Waals surface area contributed by atoms with Crippen LogP contribution in [0, 0.1) is 5.92 Å². The fraction of sp³-hybridized carbons (Fsp3) is 0.440. The van der Waals surface area contributed by atoms with E-state index in [9.17, 15) is 4.79 Å². The summed E-state index contributed by atoms with van der Waals surface area (Å²) in [5.41, 5.74) is 2.15. The van der Waals surface area contributed by atoms with E-state index in [1.54, 1.807) is 0 Å². The van der Waals surface area contributed by atoms with Crippen LogP contribution in [0.25, 0.3) is 11.0 Å². The Morgan fingerprint density at radius 1 is 1.10 bits per heavy atom. The monoisotopic (exact) mass is 441 g/mol. The molecule has 1 amide bonds. The van der Waals surface area contributed by atoms with E-state index in [0.29, 0.717) is 18.2 Å². The van der Waals surface area contributed by atoms with Crippen molar-refractivity contribution in [2.45, 2.75) is 52.5 Å². The Hall–Kier alpha value is -2.53. The molecule has 3 aromatic rings. The largest absolute Gasteiger partial charge is 0.494 e. The highest BCUT2D eigenvalue weighted by Gasteiger charge is 2.14. The van der Waals surface area contributed by atoms with Gasteiger partial charge in [-0.05, 0) is 62.1 Å². The van der Waals surface area contributed by atoms with Crippen molar-refractivity contribution in [3.63, 3.8) is 0 Å². The number of carbonyl (C=O) groups is 1. The van der Waals surface area contributed by atoms with Crippen LogP contribution in [-0.4, -0.2) is 28.6 Å². The summed E-state index contributed by atoms with van der Waals surface area (Å²) in [4.78, 5) is 17.0. The summed E-state index contributed by atoms with van der Waals surface area (Å²) in [7, 11) is 0. The van der Waals surface area contributed by atoms with Crippen molar-refractivity contribution >= 4 is 28.5 Å². The van der Waals surface area contributed by atoms with Gasteiger partial charge in [-0.3, -0.25) is 4.79 Å². The maximum Gasteiger partial charge on any atom is 0.223 e. The van der Waals surface area contributed by atoms with Crippen LogP contribution in [-0.2, 0) is 17.8 Å². The highest BCUT2D eigenvalue weighted by atomic mass is 35.5. The van der Waals surface area contributed by atoms with E-state index < -0.39 is 0 Å². The van der Waals surface area contributed by atoms with E-state index in [1.165, 1.54) is 0 Å². The van der Waals surface area contributed by atoms with Crippen LogP contribution in [0.3, 0.4) is 0 Å². The summed E-state index contributed by atoms with van der Waals surface area (Å²) in [6.45, 7) is 6.26. The first-order valence-electron chi connectivity index (χ1n) is 11.2. The van der Waals surface area contributed by atoms with Crippen molar-refractivity contribution in [1.82, 2.24) is 14.9 Å². The van der Waals surface area contributed by atoms with Gasteiger partial charge in [0.2, 0.25) is 5.91 Å². The molecule has 5 nitrogen and oxygen atoms in total. The number of hydrogen-bond donors (Lipinski definition) is 1. The van der Waals surface area contributed by atoms with Crippen molar-refractivity contribution in [3.8, 4) is 5.75 Å². The Morgan fingerprint density at radius 2 is 1.84 bits per heavy atom. The summed E-state index contributed by atoms with van der Waals surface area (Å²) in [6.07, 6.45) is 4.35. The molecule has 0 spiro atoms. The standard InChI is InChI=1S/C25H32ClN3O2/c1-3-19(4-2)25(30)27-16-7-11-24-28-22-9-5-6-10-23(22)29(24)17-8-18-31-21-14-12-20(26)13-15-21/h5-6,9-10,12-15,19H,3-4,7-8,11,16-18H2,1-2H3,(H,27,30). The summed E-state index contributed by atoms with van der Waals surface area (Å²) in [5.74, 6) is 2.17. The average Bonchev–Trinajstić information content (AvgIpc) is 3.14. The maximum absolute atomic E-state index is 12.2. The van der Waals surface area contributed by atoms with Crippen LogP contribution in [0.2, 0.25) is 5.02 Å². The Morgan fingerprint density at radius 3 is 2.58 bits per heavy atom. The van der Waals surface area contributed by atoms with Crippen LogP contribution in [0.5, 0.6) is 5.75 Å². The fourth-order valence-corrected chi connectivity index (χ4v) is 3.90. The second-order valence-electron chi connectivity index (χ2n) is 7.73. The van der Waals surface area contributed by atoms with Gasteiger partial charge >= 0.3 is 0 Å². The van der Waals surface area contributed by atoms with Gasteiger partial charge < -0.3 is 14.6 Å². The van der Waals surface area contributed by atoms with Crippen LogP contribution in [0.15, 0.2) is 48.5 Å². The number of fused-ring (bicyclic) bond motifs is 1. The van der Waals surface area contributed by atoms with Gasteiger partial charge in [0.05, 0.1) is 17.6 Å². The molecular weight excluding hydrogens is 410 g/mol. The van der Waals surface area contributed by atoms with Crippen LogP contribution >= 0.6 is 11.6 Å². The number of nitrogens with zero attached hydrogens (tertiary/aromatic N) is 2. The quantitative estimate of drug-likeness (QED) is 0.370. The lowest BCUT2D eigenvalue weighted by molar-refractivity contribution is -0.125. The second kappa shape index (κ2) is 11.8. The molecule has 1 aromatic heterocycles. The highest BCUT2D eigenvalue weighted by Crippen LogP contribution is 2.19. The zero-order chi connectivity index (χ0) is 22.1. The van der Waals surface area contributed by atoms with Gasteiger partial charge in [0.15, 0.2) is 0 Å². The zero-order valence-electron chi connectivity index (χ0n) is 18.4. The number of aromatic nitrogens is 2. The lowest BCUT2D eigenvalue weighted by Gasteiger charge is -2.13. The Bertz CT molecular complexity index is 965. The summed E-state index contributed by atoms with van der Waals surface area (Å²) in [6, 6.07) is 15.7. The van der Waals surface area contributed by atoms with Crippen LogP contribution in [0.1, 0.15) is 45.4 Å². The van der Waals surface area contributed by atoms with Gasteiger partial charge in [-0.25, -0.2) is 4.98 Å². The van der Waals surface area contributed by atoms with Crippen molar-refractivity contribution in [3.05, 3.63) is 59.4 Å². The lowest BCUT2D eigenvalue weighted by Crippen LogP contribution is -2.31. The molecule has 0 aliphatic rings. The molecular formula is C25H32ClN3O2. The molecule has 2 aromatic carbocycles. The molecule has 0 unspecified atom stereocenters. The summed E-state index contributed by atoms with van der Waals surface area (Å²) < 4.78 is 8.12. The minimum atomic E-state index is 0.116. The lowest BCUT2D eigenvalue weighted by atomic mass is 10.0. The normalized spacial score (nSPS) is 11.2. The number of ether oxygens (including phenoxy) is 1. The molecule has 0 aliphatic carbocycles. The Labute approximate surface area is 189 Å². The number of hydrogen-bond acceptors (Lipinski definition) is 3. The van der Waals surface area contributed by atoms with E-state index in [4.69, 9.17) is 21.3 Å². The third-order valence-corrected chi connectivity index (χ3v) is 5.83. The first-order chi connectivity index (χ1) is 15.1. The van der Waals surface area contributed by atoms with Gasteiger partial charge in [0, 0.05) is 30.5 Å². The first-order valence-corrected chi connectivity index (χ1v) is 11.6. The predicted molar refractivity (Wildman–Crippen MR) is 127 cm³/mol. The zero-order valence-corrected chi connectivity index (χ0v) is 19.2. The molecule has 0 saturated carbocycles. The molecule has 0 aliphatic heterocycles. The number of benzene rings is 2. The Kier molecular flexibility index (Phi) is 8.77. The number of aryl methyl sites for hydroxylation is 2. The topological polar surface area (TPSA) is 56.2 Å². The number of halogens is 1.